The molecule has 0 amide bonds. The third-order valence-electron chi connectivity index (χ3n) is 9.32. The number of ether oxygens (including phenoxy) is 2. The summed E-state index contributed by atoms with van der Waals surface area (Å²) in [4.78, 5) is 37.5. The lowest BCUT2D eigenvalue weighted by Gasteiger charge is -2.28. The maximum Gasteiger partial charge on any atom is 0.306 e. The van der Waals surface area contributed by atoms with Crippen LogP contribution in [0.3, 0.4) is 0 Å². The van der Waals surface area contributed by atoms with Crippen molar-refractivity contribution >= 4 is 19.8 Å². The molecular formula is C46H84NO8P. The van der Waals surface area contributed by atoms with Crippen LogP contribution in [0.5, 0.6) is 0 Å². The highest BCUT2D eigenvalue weighted by atomic mass is 31.2. The number of rotatable bonds is 40. The van der Waals surface area contributed by atoms with Gasteiger partial charge in [0, 0.05) is 12.8 Å². The van der Waals surface area contributed by atoms with Gasteiger partial charge in [-0.05, 0) is 77.0 Å². The smallest absolute Gasteiger partial charge is 0.306 e. The molecule has 0 aromatic heterocycles. The summed E-state index contributed by atoms with van der Waals surface area (Å²) in [5.74, 6) is -0.882. The lowest BCUT2D eigenvalue weighted by atomic mass is 10.1. The first-order chi connectivity index (χ1) is 27.0. The van der Waals surface area contributed by atoms with E-state index in [4.69, 9.17) is 18.5 Å². The van der Waals surface area contributed by atoms with Crippen molar-refractivity contribution in [1.82, 2.24) is 0 Å². The van der Waals surface area contributed by atoms with Crippen LogP contribution in [0.2, 0.25) is 0 Å². The number of phosphoric acid groups is 1. The molecule has 0 aliphatic carbocycles. The first kappa shape index (κ1) is 54.0. The first-order valence-electron chi connectivity index (χ1n) is 22.3. The number of phosphoric ester groups is 1. The lowest BCUT2D eigenvalue weighted by molar-refractivity contribution is -0.870. The van der Waals surface area contributed by atoms with E-state index >= 15 is 0 Å². The molecule has 0 heterocycles. The molecule has 0 bridgehead atoms. The molecule has 0 fully saturated rings. The lowest BCUT2D eigenvalue weighted by Crippen LogP contribution is -2.37. The molecule has 0 aliphatic heterocycles. The largest absolute Gasteiger partial charge is 0.756 e. The Morgan fingerprint density at radius 1 is 0.554 bits per heavy atom. The van der Waals surface area contributed by atoms with Crippen LogP contribution in [0, 0.1) is 0 Å². The van der Waals surface area contributed by atoms with Crippen LogP contribution in [0.1, 0.15) is 181 Å². The van der Waals surface area contributed by atoms with Crippen molar-refractivity contribution in [2.75, 3.05) is 47.5 Å². The quantitative estimate of drug-likeness (QED) is 0.0198. The van der Waals surface area contributed by atoms with Gasteiger partial charge in [0.25, 0.3) is 7.82 Å². The highest BCUT2D eigenvalue weighted by Gasteiger charge is 2.21. The number of quaternary nitrogens is 1. The van der Waals surface area contributed by atoms with Gasteiger partial charge >= 0.3 is 11.9 Å². The van der Waals surface area contributed by atoms with E-state index in [0.717, 1.165) is 51.4 Å². The highest BCUT2D eigenvalue weighted by Crippen LogP contribution is 2.38. The minimum Gasteiger partial charge on any atom is -0.756 e. The van der Waals surface area contributed by atoms with Crippen LogP contribution in [-0.4, -0.2) is 70.0 Å². The molecule has 0 saturated carbocycles. The van der Waals surface area contributed by atoms with Crippen LogP contribution in [0.4, 0.5) is 0 Å². The Morgan fingerprint density at radius 2 is 0.964 bits per heavy atom. The van der Waals surface area contributed by atoms with E-state index in [0.29, 0.717) is 17.4 Å². The van der Waals surface area contributed by atoms with Crippen molar-refractivity contribution in [3.8, 4) is 0 Å². The SMILES string of the molecule is CCCCC/C=C/C/C=C/C/C=C/CCCCC(=O)O[C@H](COC(=O)CCCCCCCCCCC/C=C/CCCCCC)COP(=O)([O-])OCC[N+](C)(C)C. The Morgan fingerprint density at radius 3 is 1.52 bits per heavy atom. The number of nitrogens with zero attached hydrogens (tertiary/aromatic N) is 1. The van der Waals surface area contributed by atoms with Gasteiger partial charge in [-0.15, -0.1) is 0 Å². The summed E-state index contributed by atoms with van der Waals surface area (Å²) in [6, 6.07) is 0. The Kier molecular flexibility index (Phi) is 37.1. The summed E-state index contributed by atoms with van der Waals surface area (Å²) in [6.45, 7) is 4.14. The molecule has 56 heavy (non-hydrogen) atoms. The fourth-order valence-corrected chi connectivity index (χ4v) is 6.50. The topological polar surface area (TPSA) is 111 Å². The molecular weight excluding hydrogens is 725 g/mol. The van der Waals surface area contributed by atoms with Crippen LogP contribution in [0.15, 0.2) is 48.6 Å². The molecule has 326 valence electrons. The zero-order chi connectivity index (χ0) is 41.4. The second-order valence-electron chi connectivity index (χ2n) is 16.1. The number of hydrogen-bond acceptors (Lipinski definition) is 8. The van der Waals surface area contributed by atoms with Gasteiger partial charge < -0.3 is 27.9 Å². The molecule has 9 nitrogen and oxygen atoms in total. The van der Waals surface area contributed by atoms with Gasteiger partial charge in [0.1, 0.15) is 19.8 Å². The van der Waals surface area contributed by atoms with E-state index in [1.165, 1.54) is 96.3 Å². The number of carbonyl (C=O) groups excluding carboxylic acids is 2. The average Bonchev–Trinajstić information content (AvgIpc) is 3.15. The molecule has 0 spiro atoms. The van der Waals surface area contributed by atoms with Crippen molar-refractivity contribution in [3.05, 3.63) is 48.6 Å². The van der Waals surface area contributed by atoms with Gasteiger partial charge in [-0.1, -0.05) is 140 Å². The summed E-state index contributed by atoms with van der Waals surface area (Å²) in [5.41, 5.74) is 0. The number of likely N-dealkylation sites (N-methyl/N-ethyl adjacent to an activating group) is 1. The van der Waals surface area contributed by atoms with Crippen molar-refractivity contribution in [3.63, 3.8) is 0 Å². The van der Waals surface area contributed by atoms with Crippen LogP contribution < -0.4 is 4.89 Å². The molecule has 0 N–H and O–H groups in total. The van der Waals surface area contributed by atoms with Crippen LogP contribution in [0.25, 0.3) is 0 Å². The van der Waals surface area contributed by atoms with Crippen molar-refractivity contribution < 1.29 is 42.1 Å². The van der Waals surface area contributed by atoms with Gasteiger partial charge in [-0.3, -0.25) is 14.2 Å². The second-order valence-corrected chi connectivity index (χ2v) is 17.5. The normalized spacial score (nSPS) is 14.0. The van der Waals surface area contributed by atoms with Gasteiger partial charge in [0.05, 0.1) is 27.7 Å². The predicted molar refractivity (Wildman–Crippen MR) is 231 cm³/mol. The Hall–Kier alpha value is -2.03. The highest BCUT2D eigenvalue weighted by molar-refractivity contribution is 7.45. The van der Waals surface area contributed by atoms with E-state index < -0.39 is 32.5 Å². The minimum atomic E-state index is -4.64. The Bertz CT molecular complexity index is 1100. The van der Waals surface area contributed by atoms with Crippen molar-refractivity contribution in [2.24, 2.45) is 0 Å². The van der Waals surface area contributed by atoms with Crippen molar-refractivity contribution in [2.45, 2.75) is 187 Å². The van der Waals surface area contributed by atoms with Crippen LogP contribution >= 0.6 is 7.82 Å². The molecule has 2 atom stereocenters. The maximum absolute atomic E-state index is 12.7. The van der Waals surface area contributed by atoms with Crippen molar-refractivity contribution in [1.29, 1.82) is 0 Å². The number of hydrogen-bond donors (Lipinski definition) is 0. The fraction of sp³-hybridized carbons (Fsp3) is 0.783. The molecule has 0 aromatic carbocycles. The average molecular weight is 810 g/mol. The predicted octanol–water partition coefficient (Wildman–Crippen LogP) is 12.1. The molecule has 0 rings (SSSR count). The molecule has 0 aromatic rings. The maximum atomic E-state index is 12.7. The summed E-state index contributed by atoms with van der Waals surface area (Å²) < 4.78 is 33.9. The summed E-state index contributed by atoms with van der Waals surface area (Å²) in [7, 11) is 1.14. The van der Waals surface area contributed by atoms with E-state index in [9.17, 15) is 19.0 Å². The Balaban J connectivity index is 4.40. The van der Waals surface area contributed by atoms with Gasteiger partial charge in [-0.25, -0.2) is 0 Å². The number of carbonyl (C=O) groups is 2. The van der Waals surface area contributed by atoms with E-state index in [1.807, 2.05) is 21.1 Å². The van der Waals surface area contributed by atoms with Gasteiger partial charge in [0.2, 0.25) is 0 Å². The van der Waals surface area contributed by atoms with E-state index in [-0.39, 0.29) is 26.1 Å². The Labute approximate surface area is 343 Å². The third kappa shape index (κ3) is 41.6. The summed E-state index contributed by atoms with van der Waals surface area (Å²) in [5, 5.41) is 0. The molecule has 0 radical (unpaired) electrons. The molecule has 10 heteroatoms. The molecule has 1 unspecified atom stereocenters. The summed E-state index contributed by atoms with van der Waals surface area (Å²) >= 11 is 0. The third-order valence-corrected chi connectivity index (χ3v) is 10.3. The second kappa shape index (κ2) is 38.5. The van der Waals surface area contributed by atoms with E-state index in [1.54, 1.807) is 0 Å². The fourth-order valence-electron chi connectivity index (χ4n) is 5.77. The number of esters is 2. The first-order valence-corrected chi connectivity index (χ1v) is 23.8. The van der Waals surface area contributed by atoms with E-state index in [2.05, 4.69) is 62.5 Å². The van der Waals surface area contributed by atoms with Gasteiger partial charge in [-0.2, -0.15) is 0 Å². The van der Waals surface area contributed by atoms with Gasteiger partial charge in [0.15, 0.2) is 6.10 Å². The molecule has 0 aliphatic rings. The number of allylic oxidation sites excluding steroid dienone is 8. The zero-order valence-electron chi connectivity index (χ0n) is 36.6. The molecule has 0 saturated heterocycles. The standard InChI is InChI=1S/C46H84NO8P/c1-6-8-10-12-14-16-18-20-22-23-25-26-28-30-32-34-36-38-45(48)52-42-44(43-54-56(50,51)53-41-40-47(3,4)5)55-46(49)39-37-35-33-31-29-27-24-21-19-17-15-13-11-9-7-2/h15-18,21,24,29,31,44H,6-14,19-20,22-23,25-28,30,32-43H2,1-5H3/b17-15+,18-16+,24-21+,31-29+/t44-/m1/s1. The zero-order valence-corrected chi connectivity index (χ0v) is 37.5. The monoisotopic (exact) mass is 810 g/mol. The summed E-state index contributed by atoms with van der Waals surface area (Å²) in [6.07, 6.45) is 44.2. The number of unbranched alkanes of at least 4 members (excludes halogenated alkanes) is 18. The minimum absolute atomic E-state index is 0.0395. The van der Waals surface area contributed by atoms with Crippen LogP contribution in [-0.2, 0) is 32.7 Å².